The van der Waals surface area contributed by atoms with Crippen LogP contribution in [0.2, 0.25) is 0 Å². The minimum Gasteiger partial charge on any atom is -0.352 e. The fourth-order valence-corrected chi connectivity index (χ4v) is 2.51. The molecule has 3 nitrogen and oxygen atoms in total. The second-order valence-electron chi connectivity index (χ2n) is 5.25. The molecule has 3 atom stereocenters. The lowest BCUT2D eigenvalue weighted by molar-refractivity contribution is -0.126. The molecular formula is C14H29ClN2O. The molecule has 1 rings (SSSR count). The highest BCUT2D eigenvalue weighted by Gasteiger charge is 2.25. The van der Waals surface area contributed by atoms with Crippen molar-refractivity contribution in [1.29, 1.82) is 0 Å². The van der Waals surface area contributed by atoms with Gasteiger partial charge in [0, 0.05) is 18.0 Å². The third kappa shape index (κ3) is 5.57. The Morgan fingerprint density at radius 3 is 2.72 bits per heavy atom. The lowest BCUT2D eigenvalue weighted by atomic mass is 9.95. The summed E-state index contributed by atoms with van der Waals surface area (Å²) in [5.74, 6) is 0.477. The Hall–Kier alpha value is -0.280. The quantitative estimate of drug-likeness (QED) is 0.783. The molecular weight excluding hydrogens is 248 g/mol. The van der Waals surface area contributed by atoms with Gasteiger partial charge in [0.15, 0.2) is 0 Å². The largest absolute Gasteiger partial charge is 0.352 e. The molecule has 1 amide bonds. The van der Waals surface area contributed by atoms with E-state index in [1.807, 2.05) is 0 Å². The number of piperidine rings is 1. The summed E-state index contributed by atoms with van der Waals surface area (Å²) in [6.45, 7) is 7.54. The van der Waals surface area contributed by atoms with E-state index in [0.717, 1.165) is 32.2 Å². The molecule has 0 radical (unpaired) electrons. The average molecular weight is 277 g/mol. The second kappa shape index (κ2) is 9.62. The normalized spacial score (nSPS) is 25.1. The van der Waals surface area contributed by atoms with Gasteiger partial charge in [0.05, 0.1) is 0 Å². The molecule has 1 aliphatic rings. The third-order valence-corrected chi connectivity index (χ3v) is 3.86. The summed E-state index contributed by atoms with van der Waals surface area (Å²) in [5.41, 5.74) is 0. The number of hydrogen-bond donors (Lipinski definition) is 2. The van der Waals surface area contributed by atoms with Gasteiger partial charge in [0.2, 0.25) is 5.91 Å². The van der Waals surface area contributed by atoms with Crippen molar-refractivity contribution in [2.24, 2.45) is 5.92 Å². The predicted molar refractivity (Wildman–Crippen MR) is 79.2 cm³/mol. The van der Waals surface area contributed by atoms with Crippen molar-refractivity contribution in [3.05, 3.63) is 0 Å². The van der Waals surface area contributed by atoms with E-state index in [2.05, 4.69) is 31.4 Å². The van der Waals surface area contributed by atoms with Gasteiger partial charge in [-0.2, -0.15) is 0 Å². The maximum absolute atomic E-state index is 12.2. The Kier molecular flexibility index (Phi) is 9.47. The van der Waals surface area contributed by atoms with Crippen molar-refractivity contribution in [1.82, 2.24) is 10.6 Å². The van der Waals surface area contributed by atoms with Crippen LogP contribution in [0.3, 0.4) is 0 Å². The van der Waals surface area contributed by atoms with E-state index in [-0.39, 0.29) is 24.2 Å². The van der Waals surface area contributed by atoms with Crippen molar-refractivity contribution < 1.29 is 4.79 Å². The van der Waals surface area contributed by atoms with Crippen LogP contribution >= 0.6 is 12.4 Å². The molecule has 0 aliphatic carbocycles. The fraction of sp³-hybridized carbons (Fsp3) is 0.929. The van der Waals surface area contributed by atoms with E-state index in [1.165, 1.54) is 12.8 Å². The van der Waals surface area contributed by atoms with Gasteiger partial charge in [-0.3, -0.25) is 4.79 Å². The first kappa shape index (κ1) is 17.7. The molecule has 0 aromatic heterocycles. The molecule has 18 heavy (non-hydrogen) atoms. The van der Waals surface area contributed by atoms with Gasteiger partial charge in [0.1, 0.15) is 0 Å². The smallest absolute Gasteiger partial charge is 0.223 e. The van der Waals surface area contributed by atoms with Crippen LogP contribution in [-0.4, -0.2) is 24.5 Å². The first-order valence-electron chi connectivity index (χ1n) is 7.22. The molecule has 0 bridgehead atoms. The van der Waals surface area contributed by atoms with Crippen LogP contribution in [-0.2, 0) is 4.79 Å². The molecule has 0 spiro atoms. The molecule has 3 unspecified atom stereocenters. The first-order valence-corrected chi connectivity index (χ1v) is 7.22. The van der Waals surface area contributed by atoms with Crippen LogP contribution in [0.5, 0.6) is 0 Å². The number of carbonyl (C=O) groups excluding carboxylic acids is 1. The lowest BCUT2D eigenvalue weighted by Gasteiger charge is -2.31. The highest BCUT2D eigenvalue weighted by molar-refractivity contribution is 5.85. The summed E-state index contributed by atoms with van der Waals surface area (Å²) >= 11 is 0. The SMILES string of the molecule is CCCCC(CC)C(=O)NC1CCCNC1C.Cl. The van der Waals surface area contributed by atoms with E-state index in [4.69, 9.17) is 0 Å². The van der Waals surface area contributed by atoms with Crippen molar-refractivity contribution in [3.8, 4) is 0 Å². The lowest BCUT2D eigenvalue weighted by Crippen LogP contribution is -2.53. The average Bonchev–Trinajstić information content (AvgIpc) is 2.33. The number of halogens is 1. The zero-order chi connectivity index (χ0) is 12.7. The molecule has 1 fully saturated rings. The fourth-order valence-electron chi connectivity index (χ4n) is 2.51. The molecule has 0 aromatic rings. The Bertz CT molecular complexity index is 236. The van der Waals surface area contributed by atoms with Crippen molar-refractivity contribution in [2.45, 2.75) is 71.4 Å². The number of nitrogens with one attached hydrogen (secondary N) is 2. The molecule has 1 saturated heterocycles. The molecule has 108 valence electrons. The number of carbonyl (C=O) groups is 1. The Morgan fingerprint density at radius 2 is 2.17 bits per heavy atom. The van der Waals surface area contributed by atoms with Gasteiger partial charge < -0.3 is 10.6 Å². The third-order valence-electron chi connectivity index (χ3n) is 3.86. The van der Waals surface area contributed by atoms with E-state index < -0.39 is 0 Å². The van der Waals surface area contributed by atoms with Crippen molar-refractivity contribution in [3.63, 3.8) is 0 Å². The van der Waals surface area contributed by atoms with E-state index in [9.17, 15) is 4.79 Å². The van der Waals surface area contributed by atoms with Crippen molar-refractivity contribution >= 4 is 18.3 Å². The van der Waals surface area contributed by atoms with Gasteiger partial charge in [-0.25, -0.2) is 0 Å². The Balaban J connectivity index is 0.00000289. The van der Waals surface area contributed by atoms with Gasteiger partial charge >= 0.3 is 0 Å². The van der Waals surface area contributed by atoms with Gasteiger partial charge in [-0.05, 0) is 39.2 Å². The monoisotopic (exact) mass is 276 g/mol. The summed E-state index contributed by atoms with van der Waals surface area (Å²) in [6, 6.07) is 0.739. The maximum atomic E-state index is 12.2. The number of unbranched alkanes of at least 4 members (excludes halogenated alkanes) is 1. The Morgan fingerprint density at radius 1 is 1.44 bits per heavy atom. The molecule has 1 aliphatic heterocycles. The van der Waals surface area contributed by atoms with Gasteiger partial charge in [-0.15, -0.1) is 12.4 Å². The van der Waals surface area contributed by atoms with Crippen LogP contribution in [0.1, 0.15) is 59.3 Å². The van der Waals surface area contributed by atoms with Crippen LogP contribution in [0, 0.1) is 5.92 Å². The van der Waals surface area contributed by atoms with Gasteiger partial charge in [-0.1, -0.05) is 26.7 Å². The summed E-state index contributed by atoms with van der Waals surface area (Å²) in [5, 5.41) is 6.65. The molecule has 1 heterocycles. The van der Waals surface area contributed by atoms with Crippen LogP contribution < -0.4 is 10.6 Å². The standard InChI is InChI=1S/C14H28N2O.ClH/c1-4-6-8-12(5-2)14(17)16-13-9-7-10-15-11(13)3;/h11-13,15H,4-10H2,1-3H3,(H,16,17);1H. The van der Waals surface area contributed by atoms with Crippen LogP contribution in [0.4, 0.5) is 0 Å². The van der Waals surface area contributed by atoms with E-state index in [1.54, 1.807) is 0 Å². The second-order valence-corrected chi connectivity index (χ2v) is 5.25. The minimum absolute atomic E-state index is 0. The summed E-state index contributed by atoms with van der Waals surface area (Å²) < 4.78 is 0. The van der Waals surface area contributed by atoms with Crippen molar-refractivity contribution in [2.75, 3.05) is 6.54 Å². The molecule has 2 N–H and O–H groups in total. The van der Waals surface area contributed by atoms with E-state index in [0.29, 0.717) is 12.1 Å². The molecule has 0 saturated carbocycles. The number of amides is 1. The minimum atomic E-state index is 0. The highest BCUT2D eigenvalue weighted by Crippen LogP contribution is 2.15. The zero-order valence-corrected chi connectivity index (χ0v) is 12.8. The maximum Gasteiger partial charge on any atom is 0.223 e. The summed E-state index contributed by atoms with van der Waals surface area (Å²) in [7, 11) is 0. The van der Waals surface area contributed by atoms with Gasteiger partial charge in [0.25, 0.3) is 0 Å². The number of hydrogen-bond acceptors (Lipinski definition) is 2. The first-order chi connectivity index (χ1) is 8.19. The van der Waals surface area contributed by atoms with Crippen LogP contribution in [0.25, 0.3) is 0 Å². The Labute approximate surface area is 118 Å². The zero-order valence-electron chi connectivity index (χ0n) is 12.0. The highest BCUT2D eigenvalue weighted by atomic mass is 35.5. The number of rotatable bonds is 6. The summed E-state index contributed by atoms with van der Waals surface area (Å²) in [4.78, 5) is 12.2. The molecule has 0 aromatic carbocycles. The topological polar surface area (TPSA) is 41.1 Å². The predicted octanol–water partition coefficient (Wildman–Crippen LogP) is 2.88. The van der Waals surface area contributed by atoms with Crippen LogP contribution in [0.15, 0.2) is 0 Å². The molecule has 4 heteroatoms. The summed E-state index contributed by atoms with van der Waals surface area (Å²) in [6.07, 6.45) is 6.61. The van der Waals surface area contributed by atoms with E-state index >= 15 is 0 Å².